The lowest BCUT2D eigenvalue weighted by Gasteiger charge is -2.38. The molecule has 7 nitrogen and oxygen atoms in total. The zero-order chi connectivity index (χ0) is 19.7. The van der Waals surface area contributed by atoms with Gasteiger partial charge in [0.1, 0.15) is 17.0 Å². The van der Waals surface area contributed by atoms with Gasteiger partial charge in [-0.2, -0.15) is 0 Å². The Kier molecular flexibility index (Phi) is 4.87. The molecule has 144 valence electrons. The summed E-state index contributed by atoms with van der Waals surface area (Å²) in [6, 6.07) is 11.6. The third kappa shape index (κ3) is 3.38. The van der Waals surface area contributed by atoms with Gasteiger partial charge in [0.2, 0.25) is 0 Å². The predicted molar refractivity (Wildman–Crippen MR) is 106 cm³/mol. The summed E-state index contributed by atoms with van der Waals surface area (Å²) in [4.78, 5) is 30.4. The number of likely N-dealkylation sites (tertiary alicyclic amines) is 1. The largest absolute Gasteiger partial charge is 0.465 e. The molecule has 3 aromatic rings. The van der Waals surface area contributed by atoms with Crippen LogP contribution in [0.4, 0.5) is 10.5 Å². The Bertz CT molecular complexity index is 1030. The number of hydrogen-bond donors (Lipinski definition) is 1. The molecule has 2 N–H and O–H groups in total. The zero-order valence-corrected chi connectivity index (χ0v) is 16.1. The summed E-state index contributed by atoms with van der Waals surface area (Å²) in [5.74, 6) is -0.274. The number of anilines is 1. The molecule has 0 bridgehead atoms. The highest BCUT2D eigenvalue weighted by atomic mass is 32.1. The second-order valence-electron chi connectivity index (χ2n) is 6.59. The van der Waals surface area contributed by atoms with Gasteiger partial charge in [-0.15, -0.1) is 11.3 Å². The van der Waals surface area contributed by atoms with E-state index in [0.29, 0.717) is 29.2 Å². The second-order valence-corrected chi connectivity index (χ2v) is 7.65. The summed E-state index contributed by atoms with van der Waals surface area (Å²) in [5, 5.41) is 0. The Morgan fingerprint density at radius 3 is 2.75 bits per heavy atom. The molecule has 2 aromatic heterocycles. The van der Waals surface area contributed by atoms with E-state index in [2.05, 4.69) is 4.98 Å². The molecule has 0 saturated carbocycles. The molecule has 1 aliphatic heterocycles. The molecular formula is C20H19N3O4S. The monoisotopic (exact) mass is 397 g/mol. The quantitative estimate of drug-likeness (QED) is 0.678. The van der Waals surface area contributed by atoms with Crippen LogP contribution in [0.1, 0.15) is 26.7 Å². The van der Waals surface area contributed by atoms with E-state index in [1.165, 1.54) is 18.4 Å². The van der Waals surface area contributed by atoms with E-state index >= 15 is 0 Å². The highest BCUT2D eigenvalue weighted by Gasteiger charge is 2.33. The lowest BCUT2D eigenvalue weighted by atomic mass is 9.93. The molecule has 1 aliphatic rings. The second kappa shape index (κ2) is 7.47. The summed E-state index contributed by atoms with van der Waals surface area (Å²) >= 11 is 1.27. The van der Waals surface area contributed by atoms with E-state index in [1.54, 1.807) is 11.1 Å². The fourth-order valence-corrected chi connectivity index (χ4v) is 4.18. The first-order chi connectivity index (χ1) is 13.6. The number of amides is 1. The predicted octanol–water partition coefficient (Wildman–Crippen LogP) is 3.40. The Balaban J connectivity index is 1.39. The van der Waals surface area contributed by atoms with Crippen molar-refractivity contribution in [2.45, 2.75) is 12.5 Å². The van der Waals surface area contributed by atoms with Gasteiger partial charge >= 0.3 is 12.1 Å². The number of ether oxygens (including phenoxy) is 2. The van der Waals surface area contributed by atoms with Gasteiger partial charge in [-0.1, -0.05) is 30.3 Å². The standard InChI is InChI=1S/C20H19N3O4S/c1-26-19(24)18-16(21)17-15(28-18)7-13(8-22-17)14-9-23(10-14)20(25)27-11-12-5-3-2-4-6-12/h2-8,14H,9-11,21H2,1H3. The van der Waals surface area contributed by atoms with Crippen LogP contribution in [-0.2, 0) is 16.1 Å². The van der Waals surface area contributed by atoms with Crippen molar-refractivity contribution >= 4 is 39.3 Å². The van der Waals surface area contributed by atoms with Crippen LogP contribution in [0, 0.1) is 0 Å². The van der Waals surface area contributed by atoms with E-state index in [4.69, 9.17) is 15.2 Å². The molecule has 1 aromatic carbocycles. The molecule has 1 fully saturated rings. The van der Waals surface area contributed by atoms with Crippen molar-refractivity contribution in [3.05, 3.63) is 58.6 Å². The molecule has 1 amide bonds. The maximum Gasteiger partial charge on any atom is 0.410 e. The summed E-state index contributed by atoms with van der Waals surface area (Å²) in [7, 11) is 1.32. The molecule has 0 aliphatic carbocycles. The number of esters is 1. The van der Waals surface area contributed by atoms with Crippen LogP contribution >= 0.6 is 11.3 Å². The SMILES string of the molecule is COC(=O)c1sc2cc(C3CN(C(=O)OCc4ccccc4)C3)cnc2c1N. The summed E-state index contributed by atoms with van der Waals surface area (Å²) in [5.41, 5.74) is 8.93. The Labute approximate surface area is 165 Å². The van der Waals surface area contributed by atoms with E-state index in [1.807, 2.05) is 36.4 Å². The van der Waals surface area contributed by atoms with Crippen LogP contribution in [-0.4, -0.2) is 42.1 Å². The van der Waals surface area contributed by atoms with Crippen molar-refractivity contribution in [1.29, 1.82) is 0 Å². The van der Waals surface area contributed by atoms with Crippen LogP contribution in [0.15, 0.2) is 42.6 Å². The lowest BCUT2D eigenvalue weighted by molar-refractivity contribution is 0.0606. The van der Waals surface area contributed by atoms with Crippen molar-refractivity contribution in [3.63, 3.8) is 0 Å². The summed E-state index contributed by atoms with van der Waals surface area (Å²) in [6.45, 7) is 1.41. The van der Waals surface area contributed by atoms with Crippen LogP contribution in [0.25, 0.3) is 10.2 Å². The van der Waals surface area contributed by atoms with Gasteiger partial charge in [0, 0.05) is 25.2 Å². The first kappa shape index (κ1) is 18.2. The third-order valence-corrected chi connectivity index (χ3v) is 5.89. The van der Waals surface area contributed by atoms with Crippen LogP contribution in [0.5, 0.6) is 0 Å². The van der Waals surface area contributed by atoms with Gasteiger partial charge < -0.3 is 20.1 Å². The molecule has 3 heterocycles. The number of nitrogens with zero attached hydrogens (tertiary/aromatic N) is 2. The first-order valence-electron chi connectivity index (χ1n) is 8.78. The summed E-state index contributed by atoms with van der Waals surface area (Å²) in [6.07, 6.45) is 1.44. The van der Waals surface area contributed by atoms with Gasteiger partial charge in [0.25, 0.3) is 0 Å². The van der Waals surface area contributed by atoms with E-state index < -0.39 is 5.97 Å². The van der Waals surface area contributed by atoms with Gasteiger partial charge in [-0.05, 0) is 17.2 Å². The maximum atomic E-state index is 12.2. The van der Waals surface area contributed by atoms with Crippen LogP contribution in [0.2, 0.25) is 0 Å². The number of methoxy groups -OCH3 is 1. The smallest absolute Gasteiger partial charge is 0.410 e. The number of fused-ring (bicyclic) bond motifs is 1. The van der Waals surface area contributed by atoms with Gasteiger partial charge in [-0.3, -0.25) is 4.98 Å². The number of benzene rings is 1. The number of nitrogen functional groups attached to an aromatic ring is 1. The topological polar surface area (TPSA) is 94.8 Å². The van der Waals surface area contributed by atoms with Crippen molar-refractivity contribution in [1.82, 2.24) is 9.88 Å². The fourth-order valence-electron chi connectivity index (χ4n) is 3.13. The molecular weight excluding hydrogens is 378 g/mol. The minimum atomic E-state index is -0.460. The lowest BCUT2D eigenvalue weighted by Crippen LogP contribution is -2.48. The van der Waals surface area contributed by atoms with Crippen molar-refractivity contribution in [3.8, 4) is 0 Å². The van der Waals surface area contributed by atoms with E-state index in [-0.39, 0.29) is 18.6 Å². The number of nitrogens with two attached hydrogens (primary N) is 1. The fraction of sp³-hybridized carbons (Fsp3) is 0.250. The number of hydrogen-bond acceptors (Lipinski definition) is 7. The van der Waals surface area contributed by atoms with Gasteiger partial charge in [-0.25, -0.2) is 9.59 Å². The number of carbonyl (C=O) groups excluding carboxylic acids is 2. The Hall–Kier alpha value is -3.13. The number of pyridine rings is 1. The minimum Gasteiger partial charge on any atom is -0.465 e. The van der Waals surface area contributed by atoms with Gasteiger partial charge in [0.05, 0.1) is 17.5 Å². The number of thiophene rings is 1. The average Bonchev–Trinajstić information content (AvgIpc) is 3.01. The van der Waals surface area contributed by atoms with Crippen LogP contribution in [0.3, 0.4) is 0 Å². The van der Waals surface area contributed by atoms with Gasteiger partial charge in [0.15, 0.2) is 0 Å². The molecule has 0 atom stereocenters. The molecule has 8 heteroatoms. The zero-order valence-electron chi connectivity index (χ0n) is 15.3. The number of aromatic nitrogens is 1. The number of rotatable bonds is 4. The average molecular weight is 397 g/mol. The molecule has 4 rings (SSSR count). The first-order valence-corrected chi connectivity index (χ1v) is 9.60. The molecule has 0 radical (unpaired) electrons. The minimum absolute atomic E-state index is 0.186. The van der Waals surface area contributed by atoms with Crippen molar-refractivity contribution in [2.75, 3.05) is 25.9 Å². The maximum absolute atomic E-state index is 12.2. The Morgan fingerprint density at radius 2 is 2.04 bits per heavy atom. The normalized spacial score (nSPS) is 14.0. The third-order valence-electron chi connectivity index (χ3n) is 4.77. The van der Waals surface area contributed by atoms with E-state index in [0.717, 1.165) is 15.8 Å². The van der Waals surface area contributed by atoms with Crippen LogP contribution < -0.4 is 5.73 Å². The molecule has 0 unspecified atom stereocenters. The number of carbonyl (C=O) groups is 2. The molecule has 0 spiro atoms. The highest BCUT2D eigenvalue weighted by molar-refractivity contribution is 7.21. The van der Waals surface area contributed by atoms with Crippen molar-refractivity contribution in [2.24, 2.45) is 0 Å². The summed E-state index contributed by atoms with van der Waals surface area (Å²) < 4.78 is 10.9. The van der Waals surface area contributed by atoms with E-state index in [9.17, 15) is 9.59 Å². The highest BCUT2D eigenvalue weighted by Crippen LogP contribution is 2.36. The Morgan fingerprint density at radius 1 is 1.29 bits per heavy atom. The molecule has 28 heavy (non-hydrogen) atoms. The molecule has 1 saturated heterocycles. The van der Waals surface area contributed by atoms with Crippen molar-refractivity contribution < 1.29 is 19.1 Å².